The summed E-state index contributed by atoms with van der Waals surface area (Å²) in [6, 6.07) is 0. The molecule has 18 heavy (non-hydrogen) atoms. The van der Waals surface area contributed by atoms with E-state index in [1.807, 2.05) is 0 Å². The van der Waals surface area contributed by atoms with E-state index in [1.54, 1.807) is 19.4 Å². The normalized spacial score (nSPS) is 10.3. The van der Waals surface area contributed by atoms with Gasteiger partial charge in [-0.05, 0) is 13.8 Å². The zero-order valence-electron chi connectivity index (χ0n) is 9.97. The van der Waals surface area contributed by atoms with Gasteiger partial charge in [0.2, 0.25) is 5.89 Å². The second-order valence-electron chi connectivity index (χ2n) is 3.34. The molecule has 0 aliphatic carbocycles. The highest BCUT2D eigenvalue weighted by Crippen LogP contribution is 2.21. The molecule has 0 unspecified atom stereocenters. The molecule has 0 aromatic carbocycles. The molecule has 1 N–H and O–H groups in total. The lowest BCUT2D eigenvalue weighted by molar-refractivity contribution is 0.0521. The van der Waals surface area contributed by atoms with E-state index in [4.69, 9.17) is 9.26 Å². The predicted octanol–water partition coefficient (Wildman–Crippen LogP) is 1.62. The van der Waals surface area contributed by atoms with E-state index in [2.05, 4.69) is 20.4 Å². The Labute approximate surface area is 107 Å². The van der Waals surface area contributed by atoms with E-state index in [0.29, 0.717) is 29.9 Å². The number of carbonyl (C=O) groups excluding carboxylic acids is 1. The number of aryl methyl sites for hydroxylation is 1. The number of nitrogens with zero attached hydrogens (tertiary/aromatic N) is 3. The number of ether oxygens (including phenoxy) is 1. The molecule has 2 aromatic heterocycles. The van der Waals surface area contributed by atoms with E-state index >= 15 is 0 Å². The van der Waals surface area contributed by atoms with Crippen LogP contribution in [0, 0.1) is 6.92 Å². The van der Waals surface area contributed by atoms with Crippen molar-refractivity contribution in [3.63, 3.8) is 0 Å². The summed E-state index contributed by atoms with van der Waals surface area (Å²) in [7, 11) is 0. The maximum absolute atomic E-state index is 11.6. The van der Waals surface area contributed by atoms with Gasteiger partial charge in [-0.1, -0.05) is 5.16 Å². The minimum Gasteiger partial charge on any atom is -0.461 e. The van der Waals surface area contributed by atoms with Gasteiger partial charge < -0.3 is 14.6 Å². The van der Waals surface area contributed by atoms with Gasteiger partial charge in [0.05, 0.1) is 18.7 Å². The number of hydrogen-bond donors (Lipinski definition) is 1. The summed E-state index contributed by atoms with van der Waals surface area (Å²) in [4.78, 5) is 19.6. The Kier molecular flexibility index (Phi) is 3.88. The quantitative estimate of drug-likeness (QED) is 0.824. The molecule has 7 nitrogen and oxygen atoms in total. The SMILES string of the molecule is CCOC(=O)c1ncsc1NCc1nc(C)no1. The van der Waals surface area contributed by atoms with Crippen molar-refractivity contribution in [2.75, 3.05) is 11.9 Å². The molecule has 2 aromatic rings. The molecular weight excluding hydrogens is 256 g/mol. The second kappa shape index (κ2) is 5.58. The van der Waals surface area contributed by atoms with Crippen molar-refractivity contribution in [2.45, 2.75) is 20.4 Å². The fraction of sp³-hybridized carbons (Fsp3) is 0.400. The largest absolute Gasteiger partial charge is 0.461 e. The van der Waals surface area contributed by atoms with Crippen LogP contribution in [-0.4, -0.2) is 27.7 Å². The number of thiazole rings is 1. The topological polar surface area (TPSA) is 90.1 Å². The van der Waals surface area contributed by atoms with Crippen molar-refractivity contribution >= 4 is 22.3 Å². The third-order valence-electron chi connectivity index (χ3n) is 2.01. The number of esters is 1. The fourth-order valence-electron chi connectivity index (χ4n) is 1.28. The first kappa shape index (κ1) is 12.5. The van der Waals surface area contributed by atoms with E-state index in [1.165, 1.54) is 11.3 Å². The first-order valence-corrected chi connectivity index (χ1v) is 6.22. The van der Waals surface area contributed by atoms with E-state index in [0.717, 1.165) is 0 Å². The molecule has 0 saturated carbocycles. The molecular formula is C10H12N4O3S. The third-order valence-corrected chi connectivity index (χ3v) is 2.79. The molecule has 8 heteroatoms. The van der Waals surface area contributed by atoms with Gasteiger partial charge >= 0.3 is 5.97 Å². The third kappa shape index (κ3) is 2.83. The van der Waals surface area contributed by atoms with Gasteiger partial charge in [-0.2, -0.15) is 4.98 Å². The number of aromatic nitrogens is 3. The number of hydrogen-bond acceptors (Lipinski definition) is 8. The second-order valence-corrected chi connectivity index (χ2v) is 4.19. The number of anilines is 1. The molecule has 96 valence electrons. The van der Waals surface area contributed by atoms with Crippen LogP contribution in [0.15, 0.2) is 10.0 Å². The summed E-state index contributed by atoms with van der Waals surface area (Å²) < 4.78 is 9.85. The van der Waals surface area contributed by atoms with Crippen LogP contribution in [0.5, 0.6) is 0 Å². The summed E-state index contributed by atoms with van der Waals surface area (Å²) in [6.45, 7) is 4.15. The Balaban J connectivity index is 2.01. The maximum atomic E-state index is 11.6. The van der Waals surface area contributed by atoms with Gasteiger partial charge in [0, 0.05) is 0 Å². The zero-order valence-corrected chi connectivity index (χ0v) is 10.8. The zero-order chi connectivity index (χ0) is 13.0. The molecule has 0 amide bonds. The Morgan fingerprint density at radius 3 is 3.11 bits per heavy atom. The number of rotatable bonds is 5. The molecule has 2 rings (SSSR count). The lowest BCUT2D eigenvalue weighted by atomic mass is 10.4. The van der Waals surface area contributed by atoms with Gasteiger partial charge in [0.25, 0.3) is 0 Å². The van der Waals surface area contributed by atoms with Crippen molar-refractivity contribution in [3.05, 3.63) is 22.9 Å². The lowest BCUT2D eigenvalue weighted by Crippen LogP contribution is -2.09. The molecule has 0 aliphatic rings. The summed E-state index contributed by atoms with van der Waals surface area (Å²) in [5.74, 6) is 0.584. The van der Waals surface area contributed by atoms with E-state index in [-0.39, 0.29) is 5.69 Å². The Morgan fingerprint density at radius 2 is 2.44 bits per heavy atom. The van der Waals surface area contributed by atoms with Gasteiger partial charge in [0.15, 0.2) is 11.5 Å². The van der Waals surface area contributed by atoms with Crippen molar-refractivity contribution in [1.82, 2.24) is 15.1 Å². The van der Waals surface area contributed by atoms with Crippen LogP contribution < -0.4 is 5.32 Å². The highest BCUT2D eigenvalue weighted by atomic mass is 32.1. The average Bonchev–Trinajstić information content (AvgIpc) is 2.95. The molecule has 0 aliphatic heterocycles. The van der Waals surface area contributed by atoms with Crippen LogP contribution in [0.3, 0.4) is 0 Å². The average molecular weight is 268 g/mol. The number of nitrogens with one attached hydrogen (secondary N) is 1. The standard InChI is InChI=1S/C10H12N4O3S/c1-3-16-10(15)8-9(18-5-12-8)11-4-7-13-6(2)14-17-7/h5,11H,3-4H2,1-2H3. The summed E-state index contributed by atoms with van der Waals surface area (Å²) in [5, 5.41) is 7.32. The minimum absolute atomic E-state index is 0.276. The van der Waals surface area contributed by atoms with Gasteiger partial charge in [-0.25, -0.2) is 9.78 Å². The number of carbonyl (C=O) groups is 1. The van der Waals surface area contributed by atoms with Crippen molar-refractivity contribution in [3.8, 4) is 0 Å². The van der Waals surface area contributed by atoms with Crippen LogP contribution in [0.4, 0.5) is 5.00 Å². The molecule has 0 spiro atoms. The van der Waals surface area contributed by atoms with Crippen molar-refractivity contribution in [2.24, 2.45) is 0 Å². The molecule has 0 saturated heterocycles. The summed E-state index contributed by atoms with van der Waals surface area (Å²) in [6.07, 6.45) is 0. The lowest BCUT2D eigenvalue weighted by Gasteiger charge is -2.03. The van der Waals surface area contributed by atoms with Gasteiger partial charge in [0.1, 0.15) is 5.00 Å². The molecule has 0 atom stereocenters. The van der Waals surface area contributed by atoms with Gasteiger partial charge in [-0.3, -0.25) is 0 Å². The molecule has 0 radical (unpaired) electrons. The Hall–Kier alpha value is -1.96. The molecule has 0 bridgehead atoms. The van der Waals surface area contributed by atoms with Crippen molar-refractivity contribution in [1.29, 1.82) is 0 Å². The van der Waals surface area contributed by atoms with Crippen LogP contribution in [-0.2, 0) is 11.3 Å². The minimum atomic E-state index is -0.442. The molecule has 0 fully saturated rings. The first-order chi connectivity index (χ1) is 8.70. The van der Waals surface area contributed by atoms with E-state index in [9.17, 15) is 4.79 Å². The van der Waals surface area contributed by atoms with Crippen LogP contribution >= 0.6 is 11.3 Å². The van der Waals surface area contributed by atoms with Gasteiger partial charge in [-0.15, -0.1) is 11.3 Å². The summed E-state index contributed by atoms with van der Waals surface area (Å²) >= 11 is 1.32. The Bertz CT molecular complexity index is 537. The Morgan fingerprint density at radius 1 is 1.61 bits per heavy atom. The highest BCUT2D eigenvalue weighted by Gasteiger charge is 2.16. The fourth-order valence-corrected chi connectivity index (χ4v) is 1.95. The van der Waals surface area contributed by atoms with E-state index < -0.39 is 5.97 Å². The predicted molar refractivity (Wildman–Crippen MR) is 64.4 cm³/mol. The smallest absolute Gasteiger partial charge is 0.360 e. The monoisotopic (exact) mass is 268 g/mol. The van der Waals surface area contributed by atoms with Crippen LogP contribution in [0.1, 0.15) is 29.1 Å². The first-order valence-electron chi connectivity index (χ1n) is 5.34. The van der Waals surface area contributed by atoms with Crippen LogP contribution in [0.2, 0.25) is 0 Å². The highest BCUT2D eigenvalue weighted by molar-refractivity contribution is 7.14. The maximum Gasteiger partial charge on any atom is 0.360 e. The summed E-state index contributed by atoms with van der Waals surface area (Å²) in [5.41, 5.74) is 1.85. The van der Waals surface area contributed by atoms with Crippen molar-refractivity contribution < 1.29 is 14.1 Å². The molecule has 2 heterocycles. The van der Waals surface area contributed by atoms with Crippen LogP contribution in [0.25, 0.3) is 0 Å².